The lowest BCUT2D eigenvalue weighted by atomic mass is 9.64. The molecule has 3 aliphatic carbocycles. The van der Waals surface area contributed by atoms with Gasteiger partial charge in [0.2, 0.25) is 5.78 Å². The Bertz CT molecular complexity index is 2150. The number of alkyl halides is 3. The van der Waals surface area contributed by atoms with Gasteiger partial charge in [0, 0.05) is 35.4 Å². The van der Waals surface area contributed by atoms with Crippen LogP contribution in [0.15, 0.2) is 94.9 Å². The SMILES string of the molecule is CC1=CCC[C@@]2(C)[C@@H](CC[C@@]2(O)CN(C[C@H]2CCCO2)C(=O)Nc2ccccc2)c2ccc(cc2C(=O)c2ccc(-c3cc(C(F)(F)F)ccc3Cl)o2)C[C@@H](O)CC1. The predicted molar refractivity (Wildman–Crippen MR) is 217 cm³/mol. The van der Waals surface area contributed by atoms with Gasteiger partial charge in [-0.2, -0.15) is 13.2 Å². The minimum Gasteiger partial charge on any atom is -0.453 e. The Balaban J connectivity index is 1.27. The molecule has 8 nitrogen and oxygen atoms in total. The van der Waals surface area contributed by atoms with Crippen molar-refractivity contribution in [3.05, 3.63) is 124 Å². The van der Waals surface area contributed by atoms with Gasteiger partial charge in [-0.1, -0.05) is 60.5 Å². The minimum atomic E-state index is -4.61. The molecule has 5 atom stereocenters. The predicted octanol–water partition coefficient (Wildman–Crippen LogP) is 10.6. The second-order valence-corrected chi connectivity index (χ2v) is 16.9. The molecule has 1 saturated heterocycles. The van der Waals surface area contributed by atoms with Crippen LogP contribution in [0.4, 0.5) is 23.7 Å². The Morgan fingerprint density at radius 3 is 2.53 bits per heavy atom. The zero-order valence-electron chi connectivity index (χ0n) is 32.8. The number of hydrogen-bond donors (Lipinski definition) is 3. The molecule has 8 rings (SSSR count). The Hall–Kier alpha value is -4.42. The summed E-state index contributed by atoms with van der Waals surface area (Å²) >= 11 is 6.34. The summed E-state index contributed by atoms with van der Waals surface area (Å²) in [6.07, 6.45) is 1.95. The smallest absolute Gasteiger partial charge is 0.416 e. The van der Waals surface area contributed by atoms with Crippen molar-refractivity contribution < 1.29 is 42.1 Å². The average Bonchev–Trinajstić information content (AvgIpc) is 3.94. The molecule has 0 spiro atoms. The zero-order chi connectivity index (χ0) is 41.2. The van der Waals surface area contributed by atoms with E-state index in [1.807, 2.05) is 56.3 Å². The summed E-state index contributed by atoms with van der Waals surface area (Å²) in [5.41, 5.74) is 0.404. The first-order valence-electron chi connectivity index (χ1n) is 20.1. The fraction of sp³-hybridized carbons (Fsp3) is 0.435. The maximum absolute atomic E-state index is 14.6. The summed E-state index contributed by atoms with van der Waals surface area (Å²) in [7, 11) is 0. The van der Waals surface area contributed by atoms with Crippen LogP contribution in [0.3, 0.4) is 0 Å². The van der Waals surface area contributed by atoms with Crippen LogP contribution < -0.4 is 5.32 Å². The number of amides is 2. The average molecular weight is 819 g/mol. The van der Waals surface area contributed by atoms with Crippen LogP contribution >= 0.6 is 11.6 Å². The van der Waals surface area contributed by atoms with Crippen LogP contribution in [0.1, 0.15) is 104 Å². The van der Waals surface area contributed by atoms with Crippen LogP contribution in [0, 0.1) is 5.41 Å². The van der Waals surface area contributed by atoms with Crippen molar-refractivity contribution in [2.24, 2.45) is 5.41 Å². The number of halogens is 4. The Morgan fingerprint density at radius 1 is 1.00 bits per heavy atom. The molecule has 2 bridgehead atoms. The number of para-hydroxylation sites is 1. The molecule has 0 radical (unpaired) electrons. The molecular weight excluding hydrogens is 769 g/mol. The van der Waals surface area contributed by atoms with Crippen LogP contribution in [0.5, 0.6) is 0 Å². The number of ketones is 1. The molecule has 2 fully saturated rings. The molecule has 3 aromatic carbocycles. The number of benzene rings is 3. The lowest BCUT2D eigenvalue weighted by Gasteiger charge is -2.46. The molecule has 2 amide bonds. The number of nitrogens with zero attached hydrogens (tertiary/aromatic N) is 1. The molecule has 4 aliphatic rings. The van der Waals surface area contributed by atoms with Gasteiger partial charge in [-0.15, -0.1) is 0 Å². The number of nitrogens with one attached hydrogen (secondary N) is 1. The van der Waals surface area contributed by atoms with E-state index < -0.39 is 34.6 Å². The summed E-state index contributed by atoms with van der Waals surface area (Å²) in [5, 5.41) is 27.1. The molecule has 0 unspecified atom stereocenters. The van der Waals surface area contributed by atoms with Gasteiger partial charge in [0.25, 0.3) is 0 Å². The molecular formula is C46H50ClF3N2O6. The first-order chi connectivity index (χ1) is 27.6. The lowest BCUT2D eigenvalue weighted by molar-refractivity contribution is -0.137. The van der Waals surface area contributed by atoms with E-state index in [0.717, 1.165) is 42.2 Å². The summed E-state index contributed by atoms with van der Waals surface area (Å²) in [4.78, 5) is 30.3. The molecule has 308 valence electrons. The van der Waals surface area contributed by atoms with Crippen molar-refractivity contribution in [2.75, 3.05) is 25.0 Å². The van der Waals surface area contributed by atoms with Crippen LogP contribution in [-0.2, 0) is 17.3 Å². The molecule has 1 aromatic heterocycles. The maximum atomic E-state index is 14.6. The number of carbonyl (C=O) groups is 2. The molecule has 2 heterocycles. The summed E-state index contributed by atoms with van der Waals surface area (Å²) in [5.74, 6) is -0.904. The lowest BCUT2D eigenvalue weighted by Crippen LogP contribution is -2.55. The number of fused-ring (bicyclic) bond motifs is 8. The highest BCUT2D eigenvalue weighted by Crippen LogP contribution is 2.59. The van der Waals surface area contributed by atoms with Gasteiger partial charge in [0.1, 0.15) is 5.76 Å². The van der Waals surface area contributed by atoms with Crippen molar-refractivity contribution in [1.82, 2.24) is 4.90 Å². The Morgan fingerprint density at radius 2 is 1.79 bits per heavy atom. The first-order valence-corrected chi connectivity index (χ1v) is 20.4. The van der Waals surface area contributed by atoms with Gasteiger partial charge >= 0.3 is 12.2 Å². The van der Waals surface area contributed by atoms with Gasteiger partial charge in [-0.05, 0) is 130 Å². The molecule has 1 aliphatic heterocycles. The van der Waals surface area contributed by atoms with E-state index in [9.17, 15) is 33.0 Å². The van der Waals surface area contributed by atoms with Gasteiger partial charge < -0.3 is 29.6 Å². The zero-order valence-corrected chi connectivity index (χ0v) is 33.5. The molecule has 3 N–H and O–H groups in total. The van der Waals surface area contributed by atoms with Crippen molar-refractivity contribution in [3.63, 3.8) is 0 Å². The fourth-order valence-electron chi connectivity index (χ4n) is 9.12. The van der Waals surface area contributed by atoms with E-state index >= 15 is 0 Å². The van der Waals surface area contributed by atoms with Gasteiger partial charge in [0.05, 0.1) is 34.9 Å². The highest BCUT2D eigenvalue weighted by atomic mass is 35.5. The largest absolute Gasteiger partial charge is 0.453 e. The third-order valence-electron chi connectivity index (χ3n) is 12.5. The molecule has 12 heteroatoms. The minimum absolute atomic E-state index is 0.00253. The van der Waals surface area contributed by atoms with E-state index in [1.54, 1.807) is 11.0 Å². The number of allylic oxidation sites excluding steroid dienone is 2. The van der Waals surface area contributed by atoms with E-state index in [0.29, 0.717) is 74.9 Å². The van der Waals surface area contributed by atoms with Crippen molar-refractivity contribution in [3.8, 4) is 11.3 Å². The third kappa shape index (κ3) is 8.93. The normalized spacial score (nSPS) is 25.2. The molecule has 58 heavy (non-hydrogen) atoms. The van der Waals surface area contributed by atoms with Crippen molar-refractivity contribution in [1.29, 1.82) is 0 Å². The number of urea groups is 1. The number of carbonyl (C=O) groups excluding carboxylic acids is 2. The third-order valence-corrected chi connectivity index (χ3v) is 12.8. The number of hydrogen-bond acceptors (Lipinski definition) is 6. The number of anilines is 1. The fourth-order valence-corrected chi connectivity index (χ4v) is 9.33. The monoisotopic (exact) mass is 818 g/mol. The summed E-state index contributed by atoms with van der Waals surface area (Å²) < 4.78 is 52.8. The number of rotatable bonds is 8. The second kappa shape index (κ2) is 17.0. The van der Waals surface area contributed by atoms with Crippen LogP contribution in [0.2, 0.25) is 5.02 Å². The Kier molecular flexibility index (Phi) is 12.3. The maximum Gasteiger partial charge on any atom is 0.416 e. The van der Waals surface area contributed by atoms with E-state index in [-0.39, 0.29) is 46.7 Å². The summed E-state index contributed by atoms with van der Waals surface area (Å²) in [6.45, 7) is 5.05. The highest BCUT2D eigenvalue weighted by molar-refractivity contribution is 6.33. The standard InChI is InChI=1S/C46H50ClF3N2O6/c1-29-8-6-21-44(2)38(20-22-45(44,56)28-52(27-34-11-7-23-57-34)43(55)51-32-9-4-3-5-10-32)35-16-13-30(24-33(53)15-12-29)25-36(35)42(54)41-19-18-40(58-41)37-26-31(46(48,49)50)14-17-39(37)47/h3-5,8-10,13-14,16-19,25-26,33-34,38,53,56H,6-7,11-12,15,20-24,27-28H2,1-2H3,(H,51,55)/t33-,34+,38-,44-,45+/m0/s1. The van der Waals surface area contributed by atoms with Crippen LogP contribution in [0.25, 0.3) is 11.3 Å². The van der Waals surface area contributed by atoms with E-state index in [2.05, 4.69) is 11.4 Å². The number of aliphatic hydroxyl groups excluding tert-OH is 1. The molecule has 1 saturated carbocycles. The van der Waals surface area contributed by atoms with Crippen molar-refractivity contribution >= 4 is 29.1 Å². The van der Waals surface area contributed by atoms with Gasteiger partial charge in [-0.25, -0.2) is 4.79 Å². The van der Waals surface area contributed by atoms with E-state index in [1.165, 1.54) is 12.1 Å². The van der Waals surface area contributed by atoms with Crippen molar-refractivity contribution in [2.45, 2.75) is 102 Å². The van der Waals surface area contributed by atoms with Gasteiger partial charge in [0.15, 0.2) is 5.76 Å². The number of aliphatic hydroxyl groups is 2. The molecule has 4 aromatic rings. The van der Waals surface area contributed by atoms with E-state index in [4.69, 9.17) is 20.8 Å². The topological polar surface area (TPSA) is 112 Å². The van der Waals surface area contributed by atoms with Gasteiger partial charge in [-0.3, -0.25) is 4.79 Å². The quantitative estimate of drug-likeness (QED) is 0.121. The highest BCUT2D eigenvalue weighted by Gasteiger charge is 2.58. The second-order valence-electron chi connectivity index (χ2n) is 16.4. The Labute approximate surface area is 342 Å². The van der Waals surface area contributed by atoms with Crippen LogP contribution in [-0.4, -0.2) is 64.4 Å². The summed E-state index contributed by atoms with van der Waals surface area (Å²) in [6, 6.07) is 20.2. The first kappa shape index (κ1) is 41.7. The number of ether oxygens (including phenoxy) is 1. The number of furan rings is 1.